The van der Waals surface area contributed by atoms with E-state index in [0.29, 0.717) is 42.2 Å². The van der Waals surface area contributed by atoms with Crippen LogP contribution in [-0.2, 0) is 6.42 Å². The molecule has 0 aliphatic carbocycles. The van der Waals surface area contributed by atoms with Crippen LogP contribution in [0.2, 0.25) is 0 Å². The summed E-state index contributed by atoms with van der Waals surface area (Å²) in [7, 11) is 0. The van der Waals surface area contributed by atoms with Crippen LogP contribution in [0.5, 0.6) is 0 Å². The van der Waals surface area contributed by atoms with Crippen LogP contribution < -0.4 is 5.32 Å². The molecule has 1 aromatic carbocycles. The third kappa shape index (κ3) is 3.88. The molecule has 1 aliphatic rings. The van der Waals surface area contributed by atoms with Gasteiger partial charge in [0.25, 0.3) is 11.8 Å². The van der Waals surface area contributed by atoms with Gasteiger partial charge in [-0.3, -0.25) is 9.59 Å². The summed E-state index contributed by atoms with van der Waals surface area (Å²) in [6, 6.07) is 7.63. The van der Waals surface area contributed by atoms with Crippen LogP contribution in [0, 0.1) is 5.82 Å². The third-order valence-electron chi connectivity index (χ3n) is 5.19. The zero-order chi connectivity index (χ0) is 22.1. The number of hydrogen-bond donors (Lipinski definition) is 1. The van der Waals surface area contributed by atoms with E-state index in [1.54, 1.807) is 27.8 Å². The molecule has 2 aromatic heterocycles. The van der Waals surface area contributed by atoms with Crippen LogP contribution in [-0.4, -0.2) is 55.0 Å². The molecule has 3 heterocycles. The van der Waals surface area contributed by atoms with Gasteiger partial charge in [-0.1, -0.05) is 6.07 Å². The molecule has 10 heteroatoms. The molecule has 160 valence electrons. The highest BCUT2D eigenvalue weighted by molar-refractivity contribution is 6.06. The van der Waals surface area contributed by atoms with Gasteiger partial charge >= 0.3 is 0 Å². The SMILES string of the molecule is CCN1CCc2cc(F)c(C(=O)Nc3cccc(-c4nnnn4C(C)C)n3)cc2C1=O. The van der Waals surface area contributed by atoms with Gasteiger partial charge in [0.2, 0.25) is 5.82 Å². The highest BCUT2D eigenvalue weighted by Gasteiger charge is 2.26. The molecule has 3 aromatic rings. The molecule has 0 saturated heterocycles. The number of rotatable bonds is 5. The summed E-state index contributed by atoms with van der Waals surface area (Å²) < 4.78 is 16.3. The van der Waals surface area contributed by atoms with Crippen molar-refractivity contribution in [1.29, 1.82) is 0 Å². The molecule has 0 fully saturated rings. The van der Waals surface area contributed by atoms with E-state index in [0.717, 1.165) is 0 Å². The van der Waals surface area contributed by atoms with Gasteiger partial charge < -0.3 is 10.2 Å². The number of likely N-dealkylation sites (N-methyl/N-ethyl adjacent to an activating group) is 1. The number of amides is 2. The van der Waals surface area contributed by atoms with E-state index < -0.39 is 11.7 Å². The lowest BCUT2D eigenvalue weighted by atomic mass is 9.96. The van der Waals surface area contributed by atoms with Crippen molar-refractivity contribution in [1.82, 2.24) is 30.1 Å². The maximum absolute atomic E-state index is 14.6. The molecule has 1 N–H and O–H groups in total. The van der Waals surface area contributed by atoms with Crippen molar-refractivity contribution in [2.45, 2.75) is 33.2 Å². The van der Waals surface area contributed by atoms with Crippen LogP contribution in [0.1, 0.15) is 53.1 Å². The number of anilines is 1. The smallest absolute Gasteiger partial charge is 0.259 e. The van der Waals surface area contributed by atoms with Gasteiger partial charge in [0.05, 0.1) is 11.6 Å². The van der Waals surface area contributed by atoms with Crippen molar-refractivity contribution in [3.8, 4) is 11.5 Å². The Morgan fingerprint density at radius 1 is 1.29 bits per heavy atom. The number of halogens is 1. The van der Waals surface area contributed by atoms with Gasteiger partial charge in [-0.05, 0) is 67.4 Å². The van der Waals surface area contributed by atoms with E-state index >= 15 is 0 Å². The van der Waals surface area contributed by atoms with Crippen molar-refractivity contribution in [3.05, 3.63) is 52.8 Å². The van der Waals surface area contributed by atoms with Crippen molar-refractivity contribution in [2.75, 3.05) is 18.4 Å². The van der Waals surface area contributed by atoms with E-state index in [9.17, 15) is 14.0 Å². The molecule has 0 radical (unpaired) electrons. The second-order valence-corrected chi connectivity index (χ2v) is 7.53. The summed E-state index contributed by atoms with van der Waals surface area (Å²) in [5.41, 5.74) is 1.24. The standard InChI is InChI=1S/C21H22FN7O2/c1-4-28-9-8-13-10-16(22)15(11-14(13)21(28)31)20(30)24-18-7-5-6-17(23-18)19-25-26-27-29(19)12(2)3/h5-7,10-12H,4,8-9H2,1-3H3,(H,23,24,30). The highest BCUT2D eigenvalue weighted by Crippen LogP contribution is 2.24. The average Bonchev–Trinajstić information content (AvgIpc) is 3.24. The van der Waals surface area contributed by atoms with Crippen molar-refractivity contribution < 1.29 is 14.0 Å². The van der Waals surface area contributed by atoms with E-state index in [4.69, 9.17) is 0 Å². The van der Waals surface area contributed by atoms with E-state index in [1.807, 2.05) is 20.8 Å². The van der Waals surface area contributed by atoms with Crippen molar-refractivity contribution in [3.63, 3.8) is 0 Å². The van der Waals surface area contributed by atoms with Crippen LogP contribution in [0.4, 0.5) is 10.2 Å². The fraction of sp³-hybridized carbons (Fsp3) is 0.333. The summed E-state index contributed by atoms with van der Waals surface area (Å²) in [6.45, 7) is 6.86. The maximum atomic E-state index is 14.6. The Hall–Kier alpha value is -3.69. The van der Waals surface area contributed by atoms with Gasteiger partial charge in [-0.2, -0.15) is 0 Å². The molecule has 0 spiro atoms. The maximum Gasteiger partial charge on any atom is 0.259 e. The van der Waals surface area contributed by atoms with Crippen LogP contribution in [0.15, 0.2) is 30.3 Å². The molecule has 0 atom stereocenters. The molecular formula is C21H22FN7O2. The Balaban J connectivity index is 1.62. The van der Waals surface area contributed by atoms with E-state index in [-0.39, 0.29) is 23.3 Å². The summed E-state index contributed by atoms with van der Waals surface area (Å²) in [6.07, 6.45) is 0.557. The molecule has 0 saturated carbocycles. The van der Waals surface area contributed by atoms with Gasteiger partial charge in [0, 0.05) is 18.7 Å². The number of benzene rings is 1. The minimum absolute atomic E-state index is 0.0230. The zero-order valence-corrected chi connectivity index (χ0v) is 17.5. The largest absolute Gasteiger partial charge is 0.339 e. The second kappa shape index (κ2) is 8.21. The summed E-state index contributed by atoms with van der Waals surface area (Å²) >= 11 is 0. The first kappa shape index (κ1) is 20.6. The topological polar surface area (TPSA) is 106 Å². The fourth-order valence-corrected chi connectivity index (χ4v) is 3.55. The number of pyridine rings is 1. The number of carbonyl (C=O) groups is 2. The van der Waals surface area contributed by atoms with Crippen molar-refractivity contribution in [2.24, 2.45) is 0 Å². The number of fused-ring (bicyclic) bond motifs is 1. The molecule has 4 rings (SSSR count). The summed E-state index contributed by atoms with van der Waals surface area (Å²) in [4.78, 5) is 31.4. The second-order valence-electron chi connectivity index (χ2n) is 7.53. The predicted octanol–water partition coefficient (Wildman–Crippen LogP) is 2.73. The summed E-state index contributed by atoms with van der Waals surface area (Å²) in [5.74, 6) is -0.877. The Morgan fingerprint density at radius 2 is 2.10 bits per heavy atom. The normalized spacial score (nSPS) is 13.5. The Kier molecular flexibility index (Phi) is 5.45. The Bertz CT molecular complexity index is 1160. The lowest BCUT2D eigenvalue weighted by Crippen LogP contribution is -2.37. The quantitative estimate of drug-likeness (QED) is 0.676. The molecule has 2 amide bonds. The third-order valence-corrected chi connectivity index (χ3v) is 5.19. The predicted molar refractivity (Wildman–Crippen MR) is 111 cm³/mol. The minimum Gasteiger partial charge on any atom is -0.339 e. The van der Waals surface area contributed by atoms with E-state index in [1.165, 1.54) is 12.1 Å². The number of hydrogen-bond acceptors (Lipinski definition) is 6. The number of nitrogens with zero attached hydrogens (tertiary/aromatic N) is 6. The number of tetrazole rings is 1. The minimum atomic E-state index is -0.685. The molecule has 31 heavy (non-hydrogen) atoms. The van der Waals surface area contributed by atoms with Gasteiger partial charge in [-0.15, -0.1) is 5.10 Å². The van der Waals surface area contributed by atoms with E-state index in [2.05, 4.69) is 25.8 Å². The lowest BCUT2D eigenvalue weighted by molar-refractivity contribution is 0.0749. The molecular weight excluding hydrogens is 401 g/mol. The van der Waals surface area contributed by atoms with Crippen LogP contribution >= 0.6 is 0 Å². The van der Waals surface area contributed by atoms with Gasteiger partial charge in [0.15, 0.2) is 0 Å². The van der Waals surface area contributed by atoms with Crippen molar-refractivity contribution >= 4 is 17.6 Å². The van der Waals surface area contributed by atoms with Gasteiger partial charge in [0.1, 0.15) is 17.3 Å². The number of carbonyl (C=O) groups excluding carboxylic acids is 2. The molecule has 1 aliphatic heterocycles. The molecule has 0 bridgehead atoms. The first-order chi connectivity index (χ1) is 14.9. The fourth-order valence-electron chi connectivity index (χ4n) is 3.55. The highest BCUT2D eigenvalue weighted by atomic mass is 19.1. The first-order valence-electron chi connectivity index (χ1n) is 10.1. The zero-order valence-electron chi connectivity index (χ0n) is 17.5. The Morgan fingerprint density at radius 3 is 2.84 bits per heavy atom. The monoisotopic (exact) mass is 423 g/mol. The summed E-state index contributed by atoms with van der Waals surface area (Å²) in [5, 5.41) is 14.2. The Labute approximate surface area is 178 Å². The number of nitrogens with one attached hydrogen (secondary N) is 1. The molecule has 0 unspecified atom stereocenters. The van der Waals surface area contributed by atoms with Crippen LogP contribution in [0.3, 0.4) is 0 Å². The average molecular weight is 423 g/mol. The van der Waals surface area contributed by atoms with Gasteiger partial charge in [-0.25, -0.2) is 14.1 Å². The molecule has 9 nitrogen and oxygen atoms in total. The first-order valence-corrected chi connectivity index (χ1v) is 10.1. The lowest BCUT2D eigenvalue weighted by Gasteiger charge is -2.27. The van der Waals surface area contributed by atoms with Crippen LogP contribution in [0.25, 0.3) is 11.5 Å². The number of aromatic nitrogens is 5.